The predicted molar refractivity (Wildman–Crippen MR) is 87.5 cm³/mol. The van der Waals surface area contributed by atoms with Crippen LogP contribution in [0.1, 0.15) is 19.3 Å². The Labute approximate surface area is 143 Å². The van der Waals surface area contributed by atoms with Gasteiger partial charge in [0, 0.05) is 12.0 Å². The molecular formula is C16H18N4O5. The van der Waals surface area contributed by atoms with Gasteiger partial charge >= 0.3 is 0 Å². The monoisotopic (exact) mass is 346 g/mol. The van der Waals surface area contributed by atoms with Crippen molar-refractivity contribution >= 4 is 29.1 Å². The van der Waals surface area contributed by atoms with E-state index >= 15 is 0 Å². The smallest absolute Gasteiger partial charge is 0.293 e. The molecule has 0 unspecified atom stereocenters. The molecule has 0 bridgehead atoms. The number of anilines is 1. The lowest BCUT2D eigenvalue weighted by molar-refractivity contribution is -0.384. The lowest BCUT2D eigenvalue weighted by atomic mass is 9.95. The first kappa shape index (κ1) is 17.0. The first-order chi connectivity index (χ1) is 11.9. The lowest BCUT2D eigenvalue weighted by Crippen LogP contribution is -2.47. The molecule has 1 atom stereocenters. The number of primary amides is 1. The van der Waals surface area contributed by atoms with Crippen LogP contribution < -0.4 is 10.6 Å². The zero-order chi connectivity index (χ0) is 18.1. The highest BCUT2D eigenvalue weighted by molar-refractivity contribution is 6.23. The molecule has 2 N–H and O–H groups in total. The molecule has 0 saturated carbocycles. The van der Waals surface area contributed by atoms with Crippen LogP contribution in [0.2, 0.25) is 0 Å². The second-order valence-electron chi connectivity index (χ2n) is 6.25. The van der Waals surface area contributed by atoms with E-state index in [0.29, 0.717) is 25.9 Å². The summed E-state index contributed by atoms with van der Waals surface area (Å²) in [4.78, 5) is 49.7. The van der Waals surface area contributed by atoms with Crippen LogP contribution in [0, 0.1) is 16.0 Å². The molecular weight excluding hydrogens is 328 g/mol. The first-order valence-corrected chi connectivity index (χ1v) is 8.03. The minimum atomic E-state index is -0.652. The summed E-state index contributed by atoms with van der Waals surface area (Å²) in [5, 5.41) is 11.2. The lowest BCUT2D eigenvalue weighted by Gasteiger charge is -2.33. The molecule has 0 aromatic heterocycles. The van der Waals surface area contributed by atoms with Crippen LogP contribution in [0.5, 0.6) is 0 Å². The molecule has 1 aromatic carbocycles. The number of hydrogen-bond acceptors (Lipinski definition) is 6. The molecule has 3 amide bonds. The number of imide groups is 1. The summed E-state index contributed by atoms with van der Waals surface area (Å²) >= 11 is 0. The molecule has 2 heterocycles. The van der Waals surface area contributed by atoms with Crippen molar-refractivity contribution < 1.29 is 19.3 Å². The molecule has 2 fully saturated rings. The minimum absolute atomic E-state index is 0.00276. The number of likely N-dealkylation sites (tertiary alicyclic amines) is 1. The van der Waals surface area contributed by atoms with Gasteiger partial charge in [-0.1, -0.05) is 12.1 Å². The summed E-state index contributed by atoms with van der Waals surface area (Å²) in [6, 6.07) is 5.05. The van der Waals surface area contributed by atoms with Gasteiger partial charge in [-0.15, -0.1) is 0 Å². The van der Waals surface area contributed by atoms with Crippen molar-refractivity contribution in [1.29, 1.82) is 0 Å². The second kappa shape index (κ2) is 6.60. The molecule has 25 heavy (non-hydrogen) atoms. The van der Waals surface area contributed by atoms with E-state index in [-0.39, 0.29) is 29.6 Å². The molecule has 2 aliphatic rings. The second-order valence-corrected chi connectivity index (χ2v) is 6.25. The number of carbonyl (C=O) groups is 3. The van der Waals surface area contributed by atoms with Crippen LogP contribution >= 0.6 is 0 Å². The normalized spacial score (nSPS) is 22.4. The Bertz CT molecular complexity index is 742. The molecule has 0 aliphatic carbocycles. The van der Waals surface area contributed by atoms with E-state index in [1.807, 2.05) is 4.90 Å². The summed E-state index contributed by atoms with van der Waals surface area (Å²) in [5.41, 5.74) is 5.02. The summed E-state index contributed by atoms with van der Waals surface area (Å²) in [7, 11) is 0. The van der Waals surface area contributed by atoms with Crippen molar-refractivity contribution in [3.05, 3.63) is 34.4 Å². The molecule has 9 heteroatoms. The number of rotatable bonds is 4. The van der Waals surface area contributed by atoms with Crippen molar-refractivity contribution in [2.24, 2.45) is 11.7 Å². The van der Waals surface area contributed by atoms with Gasteiger partial charge in [0.15, 0.2) is 0 Å². The number of piperidine rings is 1. The van der Waals surface area contributed by atoms with Gasteiger partial charge in [-0.05, 0) is 32.0 Å². The first-order valence-electron chi connectivity index (χ1n) is 8.03. The number of carbonyl (C=O) groups excluding carboxylic acids is 3. The number of nitrogens with two attached hydrogens (primary N) is 1. The van der Waals surface area contributed by atoms with Gasteiger partial charge in [-0.2, -0.15) is 0 Å². The van der Waals surface area contributed by atoms with E-state index in [4.69, 9.17) is 5.73 Å². The highest BCUT2D eigenvalue weighted by Crippen LogP contribution is 2.33. The highest BCUT2D eigenvalue weighted by atomic mass is 16.6. The number of nitro groups is 1. The fraction of sp³-hybridized carbons (Fsp3) is 0.438. The van der Waals surface area contributed by atoms with Crippen molar-refractivity contribution in [1.82, 2.24) is 4.90 Å². The predicted octanol–water partition coefficient (Wildman–Crippen LogP) is 0.424. The van der Waals surface area contributed by atoms with E-state index in [1.54, 1.807) is 6.07 Å². The molecule has 3 rings (SSSR count). The SMILES string of the molecule is NC(=O)C1CCN([C@@H]2CC(=O)N(c3ccccc3[N+](=O)[O-])C2=O)CC1. The molecule has 132 valence electrons. The van der Waals surface area contributed by atoms with Crippen molar-refractivity contribution in [2.45, 2.75) is 25.3 Å². The Morgan fingerprint density at radius 1 is 1.20 bits per heavy atom. The van der Waals surface area contributed by atoms with E-state index in [1.165, 1.54) is 18.2 Å². The third kappa shape index (κ3) is 3.10. The summed E-state index contributed by atoms with van der Waals surface area (Å²) in [6.45, 7) is 0.976. The van der Waals surface area contributed by atoms with Gasteiger partial charge in [0.25, 0.3) is 11.6 Å². The number of nitrogens with zero attached hydrogens (tertiary/aromatic N) is 3. The Balaban J connectivity index is 1.80. The summed E-state index contributed by atoms with van der Waals surface area (Å²) < 4.78 is 0. The van der Waals surface area contributed by atoms with Crippen LogP contribution in [-0.4, -0.2) is 46.7 Å². The fourth-order valence-electron chi connectivity index (χ4n) is 3.46. The number of amides is 3. The molecule has 2 aliphatic heterocycles. The number of benzene rings is 1. The number of hydrogen-bond donors (Lipinski definition) is 1. The Hall–Kier alpha value is -2.81. The largest absolute Gasteiger partial charge is 0.369 e. The fourth-order valence-corrected chi connectivity index (χ4v) is 3.46. The molecule has 2 saturated heterocycles. The molecule has 0 spiro atoms. The van der Waals surface area contributed by atoms with E-state index in [9.17, 15) is 24.5 Å². The third-order valence-electron chi connectivity index (χ3n) is 4.81. The maximum Gasteiger partial charge on any atom is 0.293 e. The standard InChI is InChI=1S/C16H18N4O5/c17-15(22)10-5-7-18(8-6-10)13-9-14(21)19(16(13)23)11-3-1-2-4-12(11)20(24)25/h1-4,10,13H,5-9H2,(H2,17,22)/t13-/m1/s1. The Morgan fingerprint density at radius 2 is 1.84 bits per heavy atom. The van der Waals surface area contributed by atoms with Crippen LogP contribution in [0.3, 0.4) is 0 Å². The number of para-hydroxylation sites is 2. The number of nitro benzene ring substituents is 1. The summed E-state index contributed by atoms with van der Waals surface area (Å²) in [5.74, 6) is -1.48. The van der Waals surface area contributed by atoms with Gasteiger partial charge in [0.1, 0.15) is 5.69 Å². The van der Waals surface area contributed by atoms with Gasteiger partial charge in [-0.25, -0.2) is 4.90 Å². The Morgan fingerprint density at radius 3 is 2.44 bits per heavy atom. The third-order valence-corrected chi connectivity index (χ3v) is 4.81. The van der Waals surface area contributed by atoms with Gasteiger partial charge in [0.2, 0.25) is 11.8 Å². The van der Waals surface area contributed by atoms with Crippen molar-refractivity contribution in [3.8, 4) is 0 Å². The van der Waals surface area contributed by atoms with Crippen LogP contribution in [0.25, 0.3) is 0 Å². The maximum absolute atomic E-state index is 12.8. The molecule has 0 radical (unpaired) electrons. The van der Waals surface area contributed by atoms with Crippen molar-refractivity contribution in [2.75, 3.05) is 18.0 Å². The maximum atomic E-state index is 12.8. The zero-order valence-corrected chi connectivity index (χ0v) is 13.5. The van der Waals surface area contributed by atoms with E-state index < -0.39 is 22.8 Å². The van der Waals surface area contributed by atoms with Crippen LogP contribution in [-0.2, 0) is 14.4 Å². The zero-order valence-electron chi connectivity index (χ0n) is 13.5. The van der Waals surface area contributed by atoms with Crippen molar-refractivity contribution in [3.63, 3.8) is 0 Å². The summed E-state index contributed by atoms with van der Waals surface area (Å²) in [6.07, 6.45) is 1.06. The van der Waals surface area contributed by atoms with Gasteiger partial charge in [-0.3, -0.25) is 29.4 Å². The van der Waals surface area contributed by atoms with Crippen LogP contribution in [0.15, 0.2) is 24.3 Å². The topological polar surface area (TPSA) is 127 Å². The van der Waals surface area contributed by atoms with Gasteiger partial charge < -0.3 is 5.73 Å². The minimum Gasteiger partial charge on any atom is -0.369 e. The average molecular weight is 346 g/mol. The Kier molecular flexibility index (Phi) is 4.49. The molecule has 9 nitrogen and oxygen atoms in total. The average Bonchev–Trinajstić information content (AvgIpc) is 2.89. The highest BCUT2D eigenvalue weighted by Gasteiger charge is 2.45. The van der Waals surface area contributed by atoms with E-state index in [2.05, 4.69) is 0 Å². The van der Waals surface area contributed by atoms with Gasteiger partial charge in [0.05, 0.1) is 17.4 Å². The van der Waals surface area contributed by atoms with E-state index in [0.717, 1.165) is 4.90 Å². The quantitative estimate of drug-likeness (QED) is 0.478. The molecule has 1 aromatic rings. The van der Waals surface area contributed by atoms with Crippen LogP contribution in [0.4, 0.5) is 11.4 Å².